The molecule has 0 bridgehead atoms. The molecule has 2 aliphatic rings. The van der Waals surface area contributed by atoms with Crippen molar-refractivity contribution in [3.8, 4) is 0 Å². The molecule has 1 aliphatic heterocycles. The highest BCUT2D eigenvalue weighted by Gasteiger charge is 2.41. The summed E-state index contributed by atoms with van der Waals surface area (Å²) in [5.41, 5.74) is 7.22. The second-order valence-corrected chi connectivity index (χ2v) is 10.9. The SMILES string of the molecule is COC(=O)c1ccc(C2C3=C(CC(c4ccc(C)cc4)CC3=O)Nc3ccccc3N2C(=O)Cc2ccccc2)cc1. The van der Waals surface area contributed by atoms with Gasteiger partial charge in [0.2, 0.25) is 5.91 Å². The highest BCUT2D eigenvalue weighted by atomic mass is 16.5. The second-order valence-electron chi connectivity index (χ2n) is 10.9. The van der Waals surface area contributed by atoms with E-state index in [1.165, 1.54) is 12.7 Å². The number of esters is 1. The molecule has 4 aromatic rings. The number of hydrogen-bond donors (Lipinski definition) is 1. The molecule has 0 radical (unpaired) electrons. The predicted molar refractivity (Wildman–Crippen MR) is 163 cm³/mol. The van der Waals surface area contributed by atoms with Gasteiger partial charge in [-0.3, -0.25) is 14.5 Å². The summed E-state index contributed by atoms with van der Waals surface area (Å²) >= 11 is 0. The monoisotopic (exact) mass is 556 g/mol. The number of fused-ring (bicyclic) bond motifs is 1. The smallest absolute Gasteiger partial charge is 0.337 e. The molecule has 42 heavy (non-hydrogen) atoms. The Kier molecular flexibility index (Phi) is 7.44. The van der Waals surface area contributed by atoms with E-state index in [4.69, 9.17) is 4.74 Å². The summed E-state index contributed by atoms with van der Waals surface area (Å²) in [6, 6.07) is 32.0. The number of allylic oxidation sites excluding steroid dienone is 1. The van der Waals surface area contributed by atoms with Crippen LogP contribution in [0.5, 0.6) is 0 Å². The van der Waals surface area contributed by atoms with Crippen LogP contribution in [0.25, 0.3) is 0 Å². The number of benzene rings is 4. The van der Waals surface area contributed by atoms with E-state index in [-0.39, 0.29) is 24.0 Å². The average Bonchev–Trinajstić information content (AvgIpc) is 3.16. The predicted octanol–water partition coefficient (Wildman–Crippen LogP) is 6.92. The molecule has 2 unspecified atom stereocenters. The third-order valence-corrected chi connectivity index (χ3v) is 8.15. The first-order chi connectivity index (χ1) is 20.4. The lowest BCUT2D eigenvalue weighted by atomic mass is 9.78. The van der Waals surface area contributed by atoms with Gasteiger partial charge in [0.05, 0.1) is 36.5 Å². The lowest BCUT2D eigenvalue weighted by Crippen LogP contribution is -2.39. The third kappa shape index (κ3) is 5.23. The van der Waals surface area contributed by atoms with Crippen LogP contribution < -0.4 is 10.2 Å². The topological polar surface area (TPSA) is 75.7 Å². The fraction of sp³-hybridized carbons (Fsp3) is 0.194. The Bertz CT molecular complexity index is 1670. The summed E-state index contributed by atoms with van der Waals surface area (Å²) in [5.74, 6) is -0.548. The first kappa shape index (κ1) is 27.2. The number of anilines is 2. The molecule has 1 aliphatic carbocycles. The maximum Gasteiger partial charge on any atom is 0.337 e. The van der Waals surface area contributed by atoms with Crippen LogP contribution in [0.15, 0.2) is 114 Å². The maximum absolute atomic E-state index is 14.3. The molecule has 2 atom stereocenters. The normalized spacial score (nSPS) is 18.0. The molecule has 0 aromatic heterocycles. The number of methoxy groups -OCH3 is 1. The Morgan fingerprint density at radius 1 is 0.833 bits per heavy atom. The fourth-order valence-electron chi connectivity index (χ4n) is 6.03. The van der Waals surface area contributed by atoms with E-state index in [0.29, 0.717) is 29.7 Å². The average molecular weight is 557 g/mol. The van der Waals surface area contributed by atoms with Gasteiger partial charge in [0.1, 0.15) is 0 Å². The Morgan fingerprint density at radius 3 is 2.21 bits per heavy atom. The Labute approximate surface area is 245 Å². The zero-order valence-electron chi connectivity index (χ0n) is 23.7. The van der Waals surface area contributed by atoms with E-state index in [0.717, 1.165) is 28.1 Å². The van der Waals surface area contributed by atoms with Crippen LogP contribution >= 0.6 is 0 Å². The zero-order chi connectivity index (χ0) is 29.2. The molecule has 1 amide bonds. The highest BCUT2D eigenvalue weighted by molar-refractivity contribution is 6.07. The van der Waals surface area contributed by atoms with E-state index < -0.39 is 12.0 Å². The number of amides is 1. The van der Waals surface area contributed by atoms with Gasteiger partial charge in [-0.2, -0.15) is 0 Å². The van der Waals surface area contributed by atoms with Crippen molar-refractivity contribution in [2.75, 3.05) is 17.3 Å². The molecule has 1 N–H and O–H groups in total. The third-order valence-electron chi connectivity index (χ3n) is 8.15. The molecule has 6 nitrogen and oxygen atoms in total. The van der Waals surface area contributed by atoms with Gasteiger partial charge in [0.15, 0.2) is 5.78 Å². The zero-order valence-corrected chi connectivity index (χ0v) is 23.7. The molecular formula is C36H32N2O4. The summed E-state index contributed by atoms with van der Waals surface area (Å²) in [7, 11) is 1.34. The maximum atomic E-state index is 14.3. The summed E-state index contributed by atoms with van der Waals surface area (Å²) in [5, 5.41) is 3.58. The quantitative estimate of drug-likeness (QED) is 0.270. The number of rotatable bonds is 5. The minimum Gasteiger partial charge on any atom is -0.465 e. The van der Waals surface area contributed by atoms with Gasteiger partial charge in [-0.15, -0.1) is 0 Å². The summed E-state index contributed by atoms with van der Waals surface area (Å²) in [4.78, 5) is 42.4. The van der Waals surface area contributed by atoms with Crippen LogP contribution in [0.2, 0.25) is 0 Å². The van der Waals surface area contributed by atoms with E-state index in [1.54, 1.807) is 17.0 Å². The van der Waals surface area contributed by atoms with Crippen molar-refractivity contribution in [2.24, 2.45) is 0 Å². The largest absolute Gasteiger partial charge is 0.465 e. The summed E-state index contributed by atoms with van der Waals surface area (Å²) < 4.78 is 4.90. The number of Topliss-reactive ketones (excluding diaryl/α,β-unsaturated/α-hetero) is 1. The van der Waals surface area contributed by atoms with Crippen molar-refractivity contribution < 1.29 is 19.1 Å². The Morgan fingerprint density at radius 2 is 1.50 bits per heavy atom. The minimum absolute atomic E-state index is 0.00156. The first-order valence-electron chi connectivity index (χ1n) is 14.2. The highest BCUT2D eigenvalue weighted by Crippen LogP contribution is 2.47. The van der Waals surface area contributed by atoms with Gasteiger partial charge < -0.3 is 10.1 Å². The minimum atomic E-state index is -0.675. The Hall–Kier alpha value is -4.97. The fourth-order valence-corrected chi connectivity index (χ4v) is 6.03. The number of carbonyl (C=O) groups excluding carboxylic acids is 3. The number of carbonyl (C=O) groups is 3. The van der Waals surface area contributed by atoms with Gasteiger partial charge in [0.25, 0.3) is 0 Å². The molecule has 6 heteroatoms. The number of nitrogens with zero attached hydrogens (tertiary/aromatic N) is 1. The molecule has 6 rings (SSSR count). The van der Waals surface area contributed by atoms with Crippen LogP contribution in [-0.2, 0) is 20.7 Å². The first-order valence-corrected chi connectivity index (χ1v) is 14.2. The molecule has 0 saturated carbocycles. The van der Waals surface area contributed by atoms with Crippen LogP contribution in [0.3, 0.4) is 0 Å². The van der Waals surface area contributed by atoms with Crippen LogP contribution in [0.4, 0.5) is 11.4 Å². The van der Waals surface area contributed by atoms with Crippen molar-refractivity contribution in [1.82, 2.24) is 0 Å². The lowest BCUT2D eigenvalue weighted by Gasteiger charge is -2.35. The van der Waals surface area contributed by atoms with E-state index in [9.17, 15) is 14.4 Å². The van der Waals surface area contributed by atoms with Gasteiger partial charge in [0, 0.05) is 17.7 Å². The standard InChI is InChI=1S/C36H32N2O4/c1-23-12-14-25(15-13-23)28-21-30-34(32(39)22-28)35(26-16-18-27(19-17-26)36(41)42-2)38(31-11-7-6-10-29(31)37-30)33(40)20-24-8-4-3-5-9-24/h3-19,28,35,37H,20-22H2,1-2H3. The van der Waals surface area contributed by atoms with Crippen molar-refractivity contribution in [2.45, 2.75) is 38.1 Å². The number of ketones is 1. The lowest BCUT2D eigenvalue weighted by molar-refractivity contribution is -0.118. The van der Waals surface area contributed by atoms with E-state index in [1.807, 2.05) is 66.7 Å². The van der Waals surface area contributed by atoms with E-state index in [2.05, 4.69) is 36.5 Å². The van der Waals surface area contributed by atoms with Crippen LogP contribution in [0, 0.1) is 6.92 Å². The number of hydrogen-bond acceptors (Lipinski definition) is 5. The molecule has 0 fully saturated rings. The van der Waals surface area contributed by atoms with Gasteiger partial charge >= 0.3 is 5.97 Å². The van der Waals surface area contributed by atoms with Crippen LogP contribution in [0.1, 0.15) is 57.4 Å². The molecule has 4 aromatic carbocycles. The van der Waals surface area contributed by atoms with E-state index >= 15 is 0 Å². The summed E-state index contributed by atoms with van der Waals surface area (Å²) in [6.07, 6.45) is 1.15. The van der Waals surface area contributed by atoms with Crippen molar-refractivity contribution in [3.05, 3.63) is 142 Å². The second kappa shape index (κ2) is 11.5. The number of para-hydroxylation sites is 2. The molecule has 0 spiro atoms. The number of aryl methyl sites for hydroxylation is 1. The van der Waals surface area contributed by atoms with Crippen molar-refractivity contribution >= 4 is 29.0 Å². The molecular weight excluding hydrogens is 524 g/mol. The van der Waals surface area contributed by atoms with Gasteiger partial charge in [-0.25, -0.2) is 4.79 Å². The van der Waals surface area contributed by atoms with Gasteiger partial charge in [-0.05, 0) is 60.2 Å². The Balaban J connectivity index is 1.51. The number of nitrogens with one attached hydrogen (secondary N) is 1. The van der Waals surface area contributed by atoms with Crippen LogP contribution in [-0.4, -0.2) is 24.8 Å². The number of ether oxygens (including phenoxy) is 1. The molecule has 0 saturated heterocycles. The van der Waals surface area contributed by atoms with Crippen molar-refractivity contribution in [1.29, 1.82) is 0 Å². The molecule has 210 valence electrons. The van der Waals surface area contributed by atoms with Crippen molar-refractivity contribution in [3.63, 3.8) is 0 Å². The van der Waals surface area contributed by atoms with Gasteiger partial charge in [-0.1, -0.05) is 84.4 Å². The summed E-state index contributed by atoms with van der Waals surface area (Å²) in [6.45, 7) is 2.05. The molecule has 1 heterocycles.